The fourth-order valence-electron chi connectivity index (χ4n) is 3.79. The summed E-state index contributed by atoms with van der Waals surface area (Å²) < 4.78 is 17.7. The van der Waals surface area contributed by atoms with E-state index in [0.29, 0.717) is 12.0 Å². The van der Waals surface area contributed by atoms with E-state index in [2.05, 4.69) is 9.69 Å². The van der Waals surface area contributed by atoms with Gasteiger partial charge < -0.3 is 21.7 Å². The maximum absolute atomic E-state index is 13.9. The first kappa shape index (κ1) is 26.8. The van der Waals surface area contributed by atoms with Crippen molar-refractivity contribution < 1.29 is 18.8 Å². The molecule has 2 aromatic carbocycles. The van der Waals surface area contributed by atoms with Gasteiger partial charge in [0.25, 0.3) is 11.8 Å². The average molecular weight is 512 g/mol. The van der Waals surface area contributed by atoms with E-state index < -0.39 is 35.1 Å². The van der Waals surface area contributed by atoms with E-state index in [1.54, 1.807) is 0 Å². The number of nitrogens with two attached hydrogens (primary N) is 2. The first-order chi connectivity index (χ1) is 16.9. The Morgan fingerprint density at radius 2 is 1.75 bits per heavy atom. The minimum Gasteiger partial charge on any atom is -0.395 e. The van der Waals surface area contributed by atoms with Crippen molar-refractivity contribution in [2.45, 2.75) is 45.7 Å². The number of nitrogen functional groups attached to an aromatic ring is 1. The third-order valence-electron chi connectivity index (χ3n) is 5.54. The predicted molar refractivity (Wildman–Crippen MR) is 138 cm³/mol. The molecule has 1 atom stereocenters. The van der Waals surface area contributed by atoms with Gasteiger partial charge in [-0.2, -0.15) is 4.37 Å². The highest BCUT2D eigenvalue weighted by Gasteiger charge is 2.36. The van der Waals surface area contributed by atoms with Crippen LogP contribution in [-0.4, -0.2) is 39.1 Å². The largest absolute Gasteiger partial charge is 0.395 e. The second kappa shape index (κ2) is 10.9. The van der Waals surface area contributed by atoms with E-state index in [-0.39, 0.29) is 22.8 Å². The summed E-state index contributed by atoms with van der Waals surface area (Å²) in [4.78, 5) is 40.5. The van der Waals surface area contributed by atoms with E-state index in [4.69, 9.17) is 11.5 Å². The minimum absolute atomic E-state index is 0.00394. The molecule has 3 rings (SSSR count). The molecule has 1 heterocycles. The number of anilines is 1. The lowest BCUT2D eigenvalue weighted by Crippen LogP contribution is -2.49. The standard InChI is InChI=1S/C26H30FN5O3S/c1-15-7-5-6-8-16(15)13-14-32(25(35)22-19(28)20(23(29)33)31-36-22)21(24(34)30-26(2,3)4)17-9-11-18(27)12-10-17/h5-12,21H,13-14,28H2,1-4H3,(H2,29,33)(H,30,34)/t21-/m1/s1. The summed E-state index contributed by atoms with van der Waals surface area (Å²) in [6, 6.07) is 12.1. The van der Waals surface area contributed by atoms with Crippen LogP contribution in [0, 0.1) is 12.7 Å². The lowest BCUT2D eigenvalue weighted by Gasteiger charge is -2.33. The normalized spacial score (nSPS) is 12.1. The van der Waals surface area contributed by atoms with E-state index >= 15 is 0 Å². The second-order valence-electron chi connectivity index (χ2n) is 9.51. The SMILES string of the molecule is Cc1ccccc1CCN(C(=O)c1snc(C(N)=O)c1N)[C@@H](C(=O)NC(C)(C)C)c1ccc(F)cc1. The van der Waals surface area contributed by atoms with Gasteiger partial charge in [-0.15, -0.1) is 0 Å². The zero-order chi connectivity index (χ0) is 26.6. The predicted octanol–water partition coefficient (Wildman–Crippen LogP) is 3.61. The van der Waals surface area contributed by atoms with Crippen molar-refractivity contribution in [3.63, 3.8) is 0 Å². The first-order valence-corrected chi connectivity index (χ1v) is 12.1. The number of benzene rings is 2. The summed E-state index contributed by atoms with van der Waals surface area (Å²) in [7, 11) is 0. The number of hydrogen-bond donors (Lipinski definition) is 3. The van der Waals surface area contributed by atoms with Gasteiger partial charge in [0.1, 0.15) is 16.7 Å². The molecule has 0 aliphatic rings. The Bertz CT molecular complexity index is 1270. The molecule has 0 fully saturated rings. The Hall–Kier alpha value is -3.79. The molecule has 3 amide bonds. The summed E-state index contributed by atoms with van der Waals surface area (Å²) in [6.45, 7) is 7.59. The molecule has 0 aliphatic heterocycles. The monoisotopic (exact) mass is 511 g/mol. The van der Waals surface area contributed by atoms with Gasteiger partial charge in [0.15, 0.2) is 5.69 Å². The third-order valence-corrected chi connectivity index (χ3v) is 6.39. The van der Waals surface area contributed by atoms with Crippen molar-refractivity contribution in [1.82, 2.24) is 14.6 Å². The molecule has 5 N–H and O–H groups in total. The van der Waals surface area contributed by atoms with E-state index in [9.17, 15) is 18.8 Å². The van der Waals surface area contributed by atoms with Crippen molar-refractivity contribution >= 4 is 34.9 Å². The van der Waals surface area contributed by atoms with Crippen LogP contribution >= 0.6 is 11.5 Å². The van der Waals surface area contributed by atoms with Crippen LogP contribution in [0.15, 0.2) is 48.5 Å². The van der Waals surface area contributed by atoms with Crippen LogP contribution < -0.4 is 16.8 Å². The number of aromatic nitrogens is 1. The van der Waals surface area contributed by atoms with Crippen molar-refractivity contribution in [3.8, 4) is 0 Å². The number of nitrogens with one attached hydrogen (secondary N) is 1. The van der Waals surface area contributed by atoms with Crippen LogP contribution in [0.25, 0.3) is 0 Å². The molecule has 3 aromatic rings. The molecular formula is C26H30FN5O3S. The topological polar surface area (TPSA) is 131 Å². The van der Waals surface area contributed by atoms with Gasteiger partial charge in [-0.05, 0) is 74.5 Å². The van der Waals surface area contributed by atoms with Crippen LogP contribution in [0.5, 0.6) is 0 Å². The molecule has 0 saturated heterocycles. The summed E-state index contributed by atoms with van der Waals surface area (Å²) in [5.41, 5.74) is 12.9. The summed E-state index contributed by atoms with van der Waals surface area (Å²) in [6.07, 6.45) is 0.445. The molecule has 0 unspecified atom stereocenters. The Morgan fingerprint density at radius 1 is 1.11 bits per heavy atom. The molecular weight excluding hydrogens is 481 g/mol. The van der Waals surface area contributed by atoms with Gasteiger partial charge in [0.05, 0.1) is 5.69 Å². The number of halogens is 1. The van der Waals surface area contributed by atoms with Gasteiger partial charge in [-0.25, -0.2) is 4.39 Å². The average Bonchev–Trinajstić information content (AvgIpc) is 3.18. The number of nitrogens with zero attached hydrogens (tertiary/aromatic N) is 2. The van der Waals surface area contributed by atoms with Crippen molar-refractivity contribution in [1.29, 1.82) is 0 Å². The van der Waals surface area contributed by atoms with Gasteiger partial charge in [0, 0.05) is 12.1 Å². The van der Waals surface area contributed by atoms with Crippen molar-refractivity contribution in [3.05, 3.63) is 81.6 Å². The molecule has 0 bridgehead atoms. The molecule has 1 aromatic heterocycles. The number of primary amides is 1. The molecule has 0 aliphatic carbocycles. The second-order valence-corrected chi connectivity index (χ2v) is 10.3. The number of rotatable bonds is 8. The Balaban J connectivity index is 2.11. The fourth-order valence-corrected chi connectivity index (χ4v) is 4.56. The Kier molecular flexibility index (Phi) is 8.09. The minimum atomic E-state index is -1.10. The molecule has 36 heavy (non-hydrogen) atoms. The lowest BCUT2D eigenvalue weighted by atomic mass is 9.99. The maximum atomic E-state index is 13.9. The Morgan fingerprint density at radius 3 is 2.31 bits per heavy atom. The highest BCUT2D eigenvalue weighted by molar-refractivity contribution is 7.09. The van der Waals surface area contributed by atoms with E-state index in [0.717, 1.165) is 22.7 Å². The zero-order valence-corrected chi connectivity index (χ0v) is 21.5. The highest BCUT2D eigenvalue weighted by atomic mass is 32.1. The molecule has 190 valence electrons. The van der Waals surface area contributed by atoms with Gasteiger partial charge in [-0.1, -0.05) is 36.4 Å². The van der Waals surface area contributed by atoms with Gasteiger partial charge in [0.2, 0.25) is 5.91 Å². The molecule has 8 nitrogen and oxygen atoms in total. The fraction of sp³-hybridized carbons (Fsp3) is 0.308. The third kappa shape index (κ3) is 6.25. The molecule has 10 heteroatoms. The molecule has 0 radical (unpaired) electrons. The number of carbonyl (C=O) groups is 3. The van der Waals surface area contributed by atoms with Crippen LogP contribution in [-0.2, 0) is 11.2 Å². The highest BCUT2D eigenvalue weighted by Crippen LogP contribution is 2.30. The van der Waals surface area contributed by atoms with E-state index in [1.165, 1.54) is 29.2 Å². The number of hydrogen-bond acceptors (Lipinski definition) is 6. The van der Waals surface area contributed by atoms with Crippen molar-refractivity contribution in [2.24, 2.45) is 5.73 Å². The number of aryl methyl sites for hydroxylation is 1. The van der Waals surface area contributed by atoms with Crippen LogP contribution in [0.2, 0.25) is 0 Å². The number of amides is 3. The van der Waals surface area contributed by atoms with Crippen molar-refractivity contribution in [2.75, 3.05) is 12.3 Å². The molecule has 0 spiro atoms. The number of carbonyl (C=O) groups excluding carboxylic acids is 3. The molecule has 0 saturated carbocycles. The Labute approximate surface area is 213 Å². The van der Waals surface area contributed by atoms with Gasteiger partial charge in [-0.3, -0.25) is 14.4 Å². The summed E-state index contributed by atoms with van der Waals surface area (Å²) in [5.74, 6) is -2.34. The maximum Gasteiger partial charge on any atom is 0.270 e. The first-order valence-electron chi connectivity index (χ1n) is 11.4. The van der Waals surface area contributed by atoms with Crippen LogP contribution in [0.3, 0.4) is 0 Å². The summed E-state index contributed by atoms with van der Waals surface area (Å²) in [5, 5.41) is 2.92. The van der Waals surface area contributed by atoms with Crippen LogP contribution in [0.1, 0.15) is 63.7 Å². The van der Waals surface area contributed by atoms with Crippen LogP contribution in [0.4, 0.5) is 10.1 Å². The quantitative estimate of drug-likeness (QED) is 0.425. The zero-order valence-electron chi connectivity index (χ0n) is 20.7. The van der Waals surface area contributed by atoms with Gasteiger partial charge >= 0.3 is 0 Å². The summed E-state index contributed by atoms with van der Waals surface area (Å²) >= 11 is 0.747. The lowest BCUT2D eigenvalue weighted by molar-refractivity contribution is -0.127. The van der Waals surface area contributed by atoms with E-state index in [1.807, 2.05) is 52.0 Å². The smallest absolute Gasteiger partial charge is 0.270 e.